The molecule has 18 heavy (non-hydrogen) atoms. The Morgan fingerprint density at radius 3 is 2.89 bits per heavy atom. The number of pyridine rings is 1. The Morgan fingerprint density at radius 2 is 2.28 bits per heavy atom. The van der Waals surface area contributed by atoms with E-state index in [4.69, 9.17) is 5.73 Å². The fourth-order valence-electron chi connectivity index (χ4n) is 2.01. The highest BCUT2D eigenvalue weighted by Crippen LogP contribution is 2.21. The van der Waals surface area contributed by atoms with Crippen LogP contribution >= 0.6 is 15.9 Å². The van der Waals surface area contributed by atoms with Crippen molar-refractivity contribution in [2.24, 2.45) is 5.73 Å². The summed E-state index contributed by atoms with van der Waals surface area (Å²) in [7, 11) is 0. The molecule has 0 bridgehead atoms. The lowest BCUT2D eigenvalue weighted by atomic mass is 10.1. The van der Waals surface area contributed by atoms with Gasteiger partial charge in [0.2, 0.25) is 5.91 Å². The van der Waals surface area contributed by atoms with Crippen molar-refractivity contribution in [2.45, 2.75) is 18.6 Å². The highest BCUT2D eigenvalue weighted by molar-refractivity contribution is 9.10. The number of carbonyl (C=O) groups excluding carboxylic acids is 2. The van der Waals surface area contributed by atoms with Gasteiger partial charge in [-0.2, -0.15) is 0 Å². The summed E-state index contributed by atoms with van der Waals surface area (Å²) >= 11 is 3.17. The molecule has 2 unspecified atom stereocenters. The molecule has 2 atom stereocenters. The van der Waals surface area contributed by atoms with E-state index < -0.39 is 18.1 Å². The van der Waals surface area contributed by atoms with Crippen LogP contribution in [0.4, 0.5) is 0 Å². The van der Waals surface area contributed by atoms with Gasteiger partial charge in [0, 0.05) is 24.7 Å². The number of aromatic nitrogens is 1. The van der Waals surface area contributed by atoms with Crippen LogP contribution in [0.1, 0.15) is 16.8 Å². The number of aliphatic hydroxyl groups is 1. The molecule has 0 saturated carbocycles. The summed E-state index contributed by atoms with van der Waals surface area (Å²) < 4.78 is 0.531. The van der Waals surface area contributed by atoms with E-state index in [0.717, 1.165) is 0 Å². The molecule has 6 nitrogen and oxygen atoms in total. The summed E-state index contributed by atoms with van der Waals surface area (Å²) in [5.74, 6) is -0.938. The number of aliphatic hydroxyl groups excluding tert-OH is 1. The number of amides is 2. The topological polar surface area (TPSA) is 96.5 Å². The number of likely N-dealkylation sites (tertiary alicyclic amines) is 1. The Morgan fingerprint density at radius 1 is 1.56 bits per heavy atom. The van der Waals surface area contributed by atoms with Gasteiger partial charge in [-0.15, -0.1) is 0 Å². The third kappa shape index (κ3) is 2.51. The van der Waals surface area contributed by atoms with Crippen LogP contribution < -0.4 is 5.73 Å². The van der Waals surface area contributed by atoms with Crippen molar-refractivity contribution in [3.63, 3.8) is 0 Å². The molecule has 1 fully saturated rings. The van der Waals surface area contributed by atoms with Crippen LogP contribution in [0.15, 0.2) is 22.9 Å². The average Bonchev–Trinajstić information content (AvgIpc) is 2.70. The summed E-state index contributed by atoms with van der Waals surface area (Å²) in [6, 6.07) is 2.36. The van der Waals surface area contributed by atoms with Crippen LogP contribution in [0.2, 0.25) is 0 Å². The smallest absolute Gasteiger partial charge is 0.254 e. The minimum absolute atomic E-state index is 0.117. The van der Waals surface area contributed by atoms with Gasteiger partial charge < -0.3 is 15.7 Å². The number of nitrogens with zero attached hydrogens (tertiary/aromatic N) is 2. The van der Waals surface area contributed by atoms with Gasteiger partial charge in [-0.1, -0.05) is 0 Å². The molecule has 2 amide bonds. The Kier molecular flexibility index (Phi) is 3.63. The van der Waals surface area contributed by atoms with Gasteiger partial charge >= 0.3 is 0 Å². The van der Waals surface area contributed by atoms with Gasteiger partial charge in [-0.05, 0) is 28.1 Å². The Hall–Kier alpha value is -1.47. The van der Waals surface area contributed by atoms with E-state index in [-0.39, 0.29) is 18.9 Å². The normalized spacial score (nSPS) is 23.1. The van der Waals surface area contributed by atoms with Crippen molar-refractivity contribution in [2.75, 3.05) is 6.54 Å². The first-order valence-corrected chi connectivity index (χ1v) is 6.18. The van der Waals surface area contributed by atoms with Crippen molar-refractivity contribution >= 4 is 27.7 Å². The Labute approximate surface area is 112 Å². The zero-order valence-electron chi connectivity index (χ0n) is 9.41. The SMILES string of the molecule is NC(=O)C1CC(O)CN1C(=O)c1ccnc(Br)c1. The molecule has 1 aliphatic heterocycles. The predicted octanol–water partition coefficient (Wildman–Crippen LogP) is -0.0952. The van der Waals surface area contributed by atoms with Crippen LogP contribution in [0.25, 0.3) is 0 Å². The molecule has 0 aromatic carbocycles. The fourth-order valence-corrected chi connectivity index (χ4v) is 2.37. The molecule has 0 aliphatic carbocycles. The number of β-amino-alcohol motifs (C(OH)–C–C–N with tert-alkyl or cyclic N) is 1. The van der Waals surface area contributed by atoms with E-state index in [2.05, 4.69) is 20.9 Å². The van der Waals surface area contributed by atoms with Gasteiger partial charge in [-0.25, -0.2) is 4.98 Å². The van der Waals surface area contributed by atoms with Crippen LogP contribution in [0, 0.1) is 0 Å². The lowest BCUT2D eigenvalue weighted by molar-refractivity contribution is -0.121. The lowest BCUT2D eigenvalue weighted by Crippen LogP contribution is -2.43. The summed E-state index contributed by atoms with van der Waals surface area (Å²) in [6.07, 6.45) is 0.966. The molecule has 0 radical (unpaired) electrons. The summed E-state index contributed by atoms with van der Waals surface area (Å²) in [4.78, 5) is 28.7. The summed E-state index contributed by atoms with van der Waals surface area (Å²) in [5.41, 5.74) is 5.63. The molecular formula is C11H12BrN3O3. The highest BCUT2D eigenvalue weighted by Gasteiger charge is 2.38. The standard InChI is InChI=1S/C11H12BrN3O3/c12-9-3-6(1-2-14-9)11(18)15-5-7(16)4-8(15)10(13)17/h1-3,7-8,16H,4-5H2,(H2,13,17). The van der Waals surface area contributed by atoms with Crippen molar-refractivity contribution in [1.82, 2.24) is 9.88 Å². The van der Waals surface area contributed by atoms with E-state index in [1.54, 1.807) is 12.1 Å². The van der Waals surface area contributed by atoms with Gasteiger partial charge in [0.1, 0.15) is 10.6 Å². The second kappa shape index (κ2) is 5.03. The summed E-state index contributed by atoms with van der Waals surface area (Å²) in [5, 5.41) is 9.55. The van der Waals surface area contributed by atoms with Crippen LogP contribution in [-0.2, 0) is 4.79 Å². The first kappa shape index (κ1) is 13.0. The summed E-state index contributed by atoms with van der Waals surface area (Å²) in [6.45, 7) is 0.117. The van der Waals surface area contributed by atoms with Crippen molar-refractivity contribution in [3.8, 4) is 0 Å². The molecule has 1 aliphatic rings. The number of nitrogens with two attached hydrogens (primary N) is 1. The van der Waals surface area contributed by atoms with Gasteiger partial charge in [0.25, 0.3) is 5.91 Å². The Bertz CT molecular complexity index is 494. The molecule has 3 N–H and O–H groups in total. The fraction of sp³-hybridized carbons (Fsp3) is 0.364. The van der Waals surface area contributed by atoms with E-state index in [9.17, 15) is 14.7 Å². The number of carbonyl (C=O) groups is 2. The maximum absolute atomic E-state index is 12.2. The Balaban J connectivity index is 2.25. The van der Waals surface area contributed by atoms with Gasteiger partial charge in [-0.3, -0.25) is 9.59 Å². The number of halogens is 1. The molecule has 96 valence electrons. The maximum Gasteiger partial charge on any atom is 0.254 e. The minimum atomic E-state index is -0.751. The number of primary amides is 1. The van der Waals surface area contributed by atoms with E-state index >= 15 is 0 Å². The average molecular weight is 314 g/mol. The van der Waals surface area contributed by atoms with Crippen molar-refractivity contribution < 1.29 is 14.7 Å². The van der Waals surface area contributed by atoms with Gasteiger partial charge in [0.15, 0.2) is 0 Å². The quantitative estimate of drug-likeness (QED) is 0.745. The van der Waals surface area contributed by atoms with Crippen LogP contribution in [0.3, 0.4) is 0 Å². The first-order valence-electron chi connectivity index (χ1n) is 5.39. The van der Waals surface area contributed by atoms with Gasteiger partial charge in [0.05, 0.1) is 6.10 Å². The molecule has 7 heteroatoms. The number of hydrogen-bond donors (Lipinski definition) is 2. The number of hydrogen-bond acceptors (Lipinski definition) is 4. The second-order valence-electron chi connectivity index (χ2n) is 4.13. The van der Waals surface area contributed by atoms with E-state index in [1.165, 1.54) is 11.1 Å². The number of rotatable bonds is 2. The van der Waals surface area contributed by atoms with E-state index in [1.807, 2.05) is 0 Å². The molecular weight excluding hydrogens is 302 g/mol. The third-order valence-corrected chi connectivity index (χ3v) is 3.28. The second-order valence-corrected chi connectivity index (χ2v) is 4.94. The zero-order valence-corrected chi connectivity index (χ0v) is 11.0. The largest absolute Gasteiger partial charge is 0.391 e. The molecule has 1 aromatic rings. The zero-order chi connectivity index (χ0) is 13.3. The van der Waals surface area contributed by atoms with Crippen LogP contribution in [-0.4, -0.2) is 45.5 Å². The molecule has 2 rings (SSSR count). The predicted molar refractivity (Wildman–Crippen MR) is 66.6 cm³/mol. The third-order valence-electron chi connectivity index (χ3n) is 2.84. The monoisotopic (exact) mass is 313 g/mol. The van der Waals surface area contributed by atoms with E-state index in [0.29, 0.717) is 10.2 Å². The maximum atomic E-state index is 12.2. The van der Waals surface area contributed by atoms with Crippen LogP contribution in [0.5, 0.6) is 0 Å². The van der Waals surface area contributed by atoms with Crippen molar-refractivity contribution in [1.29, 1.82) is 0 Å². The van der Waals surface area contributed by atoms with Crippen molar-refractivity contribution in [3.05, 3.63) is 28.5 Å². The lowest BCUT2D eigenvalue weighted by Gasteiger charge is -2.21. The first-order chi connectivity index (χ1) is 8.49. The molecule has 2 heterocycles. The highest BCUT2D eigenvalue weighted by atomic mass is 79.9. The molecule has 0 spiro atoms. The molecule has 1 saturated heterocycles. The minimum Gasteiger partial charge on any atom is -0.391 e. The molecule has 1 aromatic heterocycles.